The third-order valence-corrected chi connectivity index (χ3v) is 11.5. The molecule has 0 spiro atoms. The predicted molar refractivity (Wildman–Crippen MR) is 176 cm³/mol. The van der Waals surface area contributed by atoms with Gasteiger partial charge in [0.15, 0.2) is 0 Å². The molecule has 2 saturated carbocycles. The van der Waals surface area contributed by atoms with E-state index in [-0.39, 0.29) is 11.2 Å². The maximum absolute atomic E-state index is 13.0. The number of benzene rings is 2. The Bertz CT molecular complexity index is 1840. The number of hydrogen-bond donors (Lipinski definition) is 2. The van der Waals surface area contributed by atoms with Crippen LogP contribution in [0.15, 0.2) is 60.9 Å². The van der Waals surface area contributed by atoms with Crippen molar-refractivity contribution in [2.24, 2.45) is 5.92 Å². The van der Waals surface area contributed by atoms with E-state index in [0.29, 0.717) is 31.8 Å². The normalized spacial score (nSPS) is 19.2. The minimum atomic E-state index is -3.53. The number of fused-ring (bicyclic) bond motifs is 1. The number of sulfonamides is 1. The Morgan fingerprint density at radius 1 is 1.04 bits per heavy atom. The van der Waals surface area contributed by atoms with Gasteiger partial charge in [-0.05, 0) is 69.3 Å². The first kappa shape index (κ1) is 29.6. The highest BCUT2D eigenvalue weighted by molar-refractivity contribution is 7.90. The summed E-state index contributed by atoms with van der Waals surface area (Å²) in [5, 5.41) is 18.9. The van der Waals surface area contributed by atoms with E-state index in [1.807, 2.05) is 42.7 Å². The topological polar surface area (TPSA) is 132 Å². The lowest BCUT2D eigenvalue weighted by molar-refractivity contribution is 0.313. The van der Waals surface area contributed by atoms with Crippen molar-refractivity contribution >= 4 is 38.2 Å². The number of likely N-dealkylation sites (N-methyl/N-ethyl adjacent to an activating group) is 1. The van der Waals surface area contributed by atoms with E-state index in [4.69, 9.17) is 10.1 Å². The Kier molecular flexibility index (Phi) is 7.93. The summed E-state index contributed by atoms with van der Waals surface area (Å²) < 4.78 is 30.6. The smallest absolute Gasteiger partial charge is 0.227 e. The molecule has 45 heavy (non-hydrogen) atoms. The number of piperazine rings is 1. The third kappa shape index (κ3) is 6.25. The quantitative estimate of drug-likeness (QED) is 0.247. The summed E-state index contributed by atoms with van der Waals surface area (Å²) in [4.78, 5) is 14.2. The molecule has 12 heteroatoms. The molecule has 7 rings (SSSR count). The van der Waals surface area contributed by atoms with Gasteiger partial charge in [0.25, 0.3) is 0 Å². The van der Waals surface area contributed by atoms with Crippen LogP contribution in [-0.2, 0) is 16.6 Å². The molecule has 1 aliphatic heterocycles. The molecule has 3 fully saturated rings. The van der Waals surface area contributed by atoms with Crippen molar-refractivity contribution in [3.63, 3.8) is 0 Å². The lowest BCUT2D eigenvalue weighted by Crippen LogP contribution is -2.53. The number of anilines is 3. The highest BCUT2D eigenvalue weighted by Gasteiger charge is 2.49. The highest BCUT2D eigenvalue weighted by atomic mass is 32.2. The molecule has 1 atom stereocenters. The van der Waals surface area contributed by atoms with Crippen LogP contribution in [0.25, 0.3) is 22.2 Å². The molecule has 2 aromatic heterocycles. The average molecular weight is 626 g/mol. The van der Waals surface area contributed by atoms with Gasteiger partial charge in [0.05, 0.1) is 22.5 Å². The summed E-state index contributed by atoms with van der Waals surface area (Å²) in [5.74, 6) is 0.544. The standard InChI is InChI=1S/C33H39N9O2S/c1-40-17-19-41(20-18-40)27-7-3-6-26(21-27)36-32-35-22-24-5-2-10-29(31(24)37-32)30-13-15-42(38-30)16-14-33(23-34,25-11-12-25)39-45(43,44)28-8-4-9-28/h2-3,5-7,10,13,15,21-22,25,28,39H,4,8-9,11-12,14,16-20H2,1H3,(H,35,36,37). The number of rotatable bonds is 11. The van der Waals surface area contributed by atoms with Crippen molar-refractivity contribution in [1.82, 2.24) is 29.4 Å². The Balaban J connectivity index is 1.09. The second-order valence-corrected chi connectivity index (χ2v) is 14.6. The number of hydrogen-bond acceptors (Lipinski definition) is 9. The van der Waals surface area contributed by atoms with Crippen molar-refractivity contribution in [3.8, 4) is 17.3 Å². The number of nitrogens with one attached hydrogen (secondary N) is 2. The van der Waals surface area contributed by atoms with E-state index < -0.39 is 15.6 Å². The fourth-order valence-corrected chi connectivity index (χ4v) is 8.26. The Labute approximate surface area is 264 Å². The van der Waals surface area contributed by atoms with Crippen LogP contribution in [-0.4, -0.2) is 77.1 Å². The molecule has 0 bridgehead atoms. The first-order valence-corrected chi connectivity index (χ1v) is 17.4. The van der Waals surface area contributed by atoms with Crippen molar-refractivity contribution in [3.05, 3.63) is 60.9 Å². The van der Waals surface area contributed by atoms with Crippen LogP contribution in [0, 0.1) is 17.2 Å². The molecule has 1 saturated heterocycles. The van der Waals surface area contributed by atoms with E-state index in [1.165, 1.54) is 5.69 Å². The van der Waals surface area contributed by atoms with Gasteiger partial charge in [-0.15, -0.1) is 0 Å². The fraction of sp³-hybridized carbons (Fsp3) is 0.455. The predicted octanol–water partition coefficient (Wildman–Crippen LogP) is 4.52. The van der Waals surface area contributed by atoms with Crippen LogP contribution in [0.3, 0.4) is 0 Å². The first-order chi connectivity index (χ1) is 21.8. The zero-order chi connectivity index (χ0) is 31.0. The van der Waals surface area contributed by atoms with Crippen LogP contribution in [0.4, 0.5) is 17.3 Å². The van der Waals surface area contributed by atoms with E-state index in [9.17, 15) is 13.7 Å². The lowest BCUT2D eigenvalue weighted by Gasteiger charge is -2.34. The summed E-state index contributed by atoms with van der Waals surface area (Å²) in [6.07, 6.45) is 8.03. The molecular weight excluding hydrogens is 586 g/mol. The second kappa shape index (κ2) is 12.0. The Morgan fingerprint density at radius 3 is 2.58 bits per heavy atom. The van der Waals surface area contributed by atoms with Gasteiger partial charge in [0, 0.05) is 67.4 Å². The molecule has 0 amide bonds. The SMILES string of the molecule is CN1CCN(c2cccc(Nc3ncc4cccc(-c5ccn(CCC(C#N)(NS(=O)(=O)C6CCC6)C6CC6)n5)c4n3)c2)CC1. The van der Waals surface area contributed by atoms with Gasteiger partial charge in [-0.2, -0.15) is 15.1 Å². The van der Waals surface area contributed by atoms with Crippen LogP contribution in [0.1, 0.15) is 38.5 Å². The van der Waals surface area contributed by atoms with Crippen molar-refractivity contribution < 1.29 is 8.42 Å². The lowest BCUT2D eigenvalue weighted by atomic mass is 9.92. The molecule has 2 aliphatic carbocycles. The van der Waals surface area contributed by atoms with E-state index in [1.54, 1.807) is 4.68 Å². The van der Waals surface area contributed by atoms with Gasteiger partial charge < -0.3 is 15.1 Å². The summed E-state index contributed by atoms with van der Waals surface area (Å²) in [7, 11) is -1.37. The van der Waals surface area contributed by atoms with E-state index >= 15 is 0 Å². The van der Waals surface area contributed by atoms with Crippen LogP contribution in [0.2, 0.25) is 0 Å². The molecule has 2 N–H and O–H groups in total. The van der Waals surface area contributed by atoms with Crippen LogP contribution >= 0.6 is 0 Å². The second-order valence-electron chi connectivity index (χ2n) is 12.7. The van der Waals surface area contributed by atoms with Gasteiger partial charge in [-0.25, -0.2) is 18.4 Å². The zero-order valence-corrected chi connectivity index (χ0v) is 26.4. The van der Waals surface area contributed by atoms with E-state index in [2.05, 4.69) is 56.1 Å². The minimum Gasteiger partial charge on any atom is -0.369 e. The number of aromatic nitrogens is 4. The molecular formula is C33H39N9O2S. The van der Waals surface area contributed by atoms with Crippen molar-refractivity contribution in [2.45, 2.75) is 55.9 Å². The van der Waals surface area contributed by atoms with Gasteiger partial charge >= 0.3 is 0 Å². The molecule has 2 aromatic carbocycles. The summed E-state index contributed by atoms with van der Waals surface area (Å²) >= 11 is 0. The average Bonchev–Trinajstić information content (AvgIpc) is 3.77. The van der Waals surface area contributed by atoms with Crippen molar-refractivity contribution in [2.75, 3.05) is 43.4 Å². The number of aryl methyl sites for hydroxylation is 1. The highest BCUT2D eigenvalue weighted by Crippen LogP contribution is 2.43. The van der Waals surface area contributed by atoms with Gasteiger partial charge in [-0.1, -0.05) is 30.7 Å². The number of nitrogens with zero attached hydrogens (tertiary/aromatic N) is 7. The molecule has 1 unspecified atom stereocenters. The first-order valence-electron chi connectivity index (χ1n) is 15.9. The molecule has 234 valence electrons. The molecule has 11 nitrogen and oxygen atoms in total. The molecule has 3 aliphatic rings. The van der Waals surface area contributed by atoms with Crippen LogP contribution in [0.5, 0.6) is 0 Å². The fourth-order valence-electron chi connectivity index (χ4n) is 6.32. The molecule has 3 heterocycles. The van der Waals surface area contributed by atoms with Gasteiger partial charge in [0.2, 0.25) is 16.0 Å². The summed E-state index contributed by atoms with van der Waals surface area (Å²) in [5.41, 5.74) is 3.42. The molecule has 4 aromatic rings. The van der Waals surface area contributed by atoms with Gasteiger partial charge in [-0.3, -0.25) is 4.68 Å². The Hall–Kier alpha value is -4.05. The van der Waals surface area contributed by atoms with Crippen molar-refractivity contribution in [1.29, 1.82) is 5.26 Å². The molecule has 0 radical (unpaired) electrons. The summed E-state index contributed by atoms with van der Waals surface area (Å²) in [6.45, 7) is 4.51. The monoisotopic (exact) mass is 625 g/mol. The minimum absolute atomic E-state index is 0.0373. The summed E-state index contributed by atoms with van der Waals surface area (Å²) in [6, 6.07) is 18.6. The largest absolute Gasteiger partial charge is 0.369 e. The van der Waals surface area contributed by atoms with Gasteiger partial charge in [0.1, 0.15) is 5.54 Å². The van der Waals surface area contributed by atoms with E-state index in [0.717, 1.165) is 73.3 Å². The van der Waals surface area contributed by atoms with Crippen LogP contribution < -0.4 is 14.9 Å². The maximum Gasteiger partial charge on any atom is 0.227 e. The maximum atomic E-state index is 13.0. The number of para-hydroxylation sites is 1. The number of nitriles is 1. The zero-order valence-electron chi connectivity index (χ0n) is 25.6. The Morgan fingerprint density at radius 2 is 1.84 bits per heavy atom. The third-order valence-electron chi connectivity index (χ3n) is 9.52.